The van der Waals surface area contributed by atoms with Crippen LogP contribution >= 0.6 is 0 Å². The van der Waals surface area contributed by atoms with Crippen LogP contribution in [-0.2, 0) is 16.0 Å². The number of hydrogen-bond acceptors (Lipinski definition) is 3. The van der Waals surface area contributed by atoms with E-state index in [1.54, 1.807) is 20.8 Å². The van der Waals surface area contributed by atoms with Gasteiger partial charge in [0.2, 0.25) is 0 Å². The van der Waals surface area contributed by atoms with Crippen molar-refractivity contribution in [2.24, 2.45) is 0 Å². The average molecular weight is 319 g/mol. The third-order valence-corrected chi connectivity index (χ3v) is 4.09. The Hall–Kier alpha value is -2.04. The molecule has 1 aliphatic rings. The Bertz CT molecular complexity index is 564. The zero-order chi connectivity index (χ0) is 17.1. The predicted molar refractivity (Wildman–Crippen MR) is 87.3 cm³/mol. The second kappa shape index (κ2) is 6.60. The van der Waals surface area contributed by atoms with E-state index in [1.165, 1.54) is 4.90 Å². The van der Waals surface area contributed by atoms with E-state index >= 15 is 0 Å². The monoisotopic (exact) mass is 319 g/mol. The molecule has 0 radical (unpaired) electrons. The number of carboxylic acids is 1. The molecule has 126 valence electrons. The summed E-state index contributed by atoms with van der Waals surface area (Å²) in [6.07, 6.45) is 1.77. The highest BCUT2D eigenvalue weighted by atomic mass is 16.6. The van der Waals surface area contributed by atoms with Gasteiger partial charge in [-0.05, 0) is 45.6 Å². The molecule has 0 spiro atoms. The lowest BCUT2D eigenvalue weighted by Crippen LogP contribution is -2.61. The Morgan fingerprint density at radius 1 is 1.22 bits per heavy atom. The van der Waals surface area contributed by atoms with Crippen molar-refractivity contribution in [3.05, 3.63) is 35.9 Å². The van der Waals surface area contributed by atoms with Gasteiger partial charge in [-0.3, -0.25) is 4.90 Å². The number of carbonyl (C=O) groups excluding carboxylic acids is 1. The van der Waals surface area contributed by atoms with Crippen molar-refractivity contribution in [2.45, 2.75) is 57.6 Å². The van der Waals surface area contributed by atoms with Crippen LogP contribution in [0, 0.1) is 0 Å². The SMILES string of the molecule is CC(C)(C)OC(=O)N1CCCCC1(Cc1ccccc1)C(=O)O. The molecule has 0 saturated carbocycles. The zero-order valence-electron chi connectivity index (χ0n) is 14.0. The summed E-state index contributed by atoms with van der Waals surface area (Å²) >= 11 is 0. The molecule has 1 amide bonds. The summed E-state index contributed by atoms with van der Waals surface area (Å²) in [5.74, 6) is -0.966. The van der Waals surface area contributed by atoms with Crippen molar-refractivity contribution >= 4 is 12.1 Å². The van der Waals surface area contributed by atoms with Gasteiger partial charge >= 0.3 is 12.1 Å². The number of ether oxygens (including phenoxy) is 1. The smallest absolute Gasteiger partial charge is 0.411 e. The number of rotatable bonds is 3. The third-order valence-electron chi connectivity index (χ3n) is 4.09. The average Bonchev–Trinajstić information content (AvgIpc) is 2.46. The molecule has 23 heavy (non-hydrogen) atoms. The summed E-state index contributed by atoms with van der Waals surface area (Å²) in [4.78, 5) is 26.1. The molecule has 5 heteroatoms. The molecule has 5 nitrogen and oxygen atoms in total. The van der Waals surface area contributed by atoms with Gasteiger partial charge < -0.3 is 9.84 Å². The Morgan fingerprint density at radius 2 is 1.87 bits per heavy atom. The van der Waals surface area contributed by atoms with Crippen LogP contribution in [0.4, 0.5) is 4.79 Å². The standard InChI is InChI=1S/C18H25NO4/c1-17(2,3)23-16(22)19-12-8-7-11-18(19,15(20)21)13-14-9-5-4-6-10-14/h4-6,9-10H,7-8,11-13H2,1-3H3,(H,20,21). The fraction of sp³-hybridized carbons (Fsp3) is 0.556. The normalized spacial score (nSPS) is 21.8. The van der Waals surface area contributed by atoms with Crippen molar-refractivity contribution in [3.63, 3.8) is 0 Å². The number of carbonyl (C=O) groups is 2. The molecule has 1 fully saturated rings. The van der Waals surface area contributed by atoms with Gasteiger partial charge in [-0.25, -0.2) is 9.59 Å². The van der Waals surface area contributed by atoms with Gasteiger partial charge in [-0.1, -0.05) is 30.3 Å². The first-order valence-electron chi connectivity index (χ1n) is 8.02. The van der Waals surface area contributed by atoms with E-state index in [0.717, 1.165) is 18.4 Å². The highest BCUT2D eigenvalue weighted by molar-refractivity contribution is 5.85. The van der Waals surface area contributed by atoms with Gasteiger partial charge in [0.05, 0.1) is 0 Å². The van der Waals surface area contributed by atoms with Crippen molar-refractivity contribution in [3.8, 4) is 0 Å². The van der Waals surface area contributed by atoms with Gasteiger partial charge in [0, 0.05) is 13.0 Å². The van der Waals surface area contributed by atoms with E-state index in [2.05, 4.69) is 0 Å². The molecular weight excluding hydrogens is 294 g/mol. The molecule has 2 rings (SSSR count). The van der Waals surface area contributed by atoms with Gasteiger partial charge in [0.1, 0.15) is 11.1 Å². The van der Waals surface area contributed by atoms with Crippen LogP contribution in [0.1, 0.15) is 45.6 Å². The van der Waals surface area contributed by atoms with E-state index in [4.69, 9.17) is 4.74 Å². The zero-order valence-corrected chi connectivity index (χ0v) is 14.0. The van der Waals surface area contributed by atoms with Crippen molar-refractivity contribution in [1.82, 2.24) is 4.90 Å². The largest absolute Gasteiger partial charge is 0.479 e. The van der Waals surface area contributed by atoms with Crippen LogP contribution in [0.2, 0.25) is 0 Å². The van der Waals surface area contributed by atoms with Crippen molar-refractivity contribution < 1.29 is 19.4 Å². The van der Waals surface area contributed by atoms with E-state index in [-0.39, 0.29) is 0 Å². The number of amides is 1. The predicted octanol–water partition coefficient (Wildman–Crippen LogP) is 3.47. The molecule has 0 aromatic heterocycles. The minimum Gasteiger partial charge on any atom is -0.479 e. The van der Waals surface area contributed by atoms with E-state index < -0.39 is 23.2 Å². The van der Waals surface area contributed by atoms with Crippen LogP contribution in [0.3, 0.4) is 0 Å². The maximum atomic E-state index is 12.6. The van der Waals surface area contributed by atoms with Crippen molar-refractivity contribution in [2.75, 3.05) is 6.54 Å². The first-order valence-corrected chi connectivity index (χ1v) is 8.02. The summed E-state index contributed by atoms with van der Waals surface area (Å²) in [6, 6.07) is 9.44. The second-order valence-corrected chi connectivity index (χ2v) is 7.09. The number of hydrogen-bond donors (Lipinski definition) is 1. The summed E-state index contributed by atoms with van der Waals surface area (Å²) in [5, 5.41) is 9.92. The number of aliphatic carboxylic acids is 1. The summed E-state index contributed by atoms with van der Waals surface area (Å²) in [6.45, 7) is 5.77. The summed E-state index contributed by atoms with van der Waals surface area (Å²) < 4.78 is 5.44. The Morgan fingerprint density at radius 3 is 2.43 bits per heavy atom. The quantitative estimate of drug-likeness (QED) is 0.926. The Balaban J connectivity index is 2.33. The first-order chi connectivity index (χ1) is 10.7. The maximum Gasteiger partial charge on any atom is 0.411 e. The fourth-order valence-corrected chi connectivity index (χ4v) is 3.03. The van der Waals surface area contributed by atoms with Crippen LogP contribution in [-0.4, -0.2) is 39.8 Å². The number of piperidine rings is 1. The van der Waals surface area contributed by atoms with Crippen LogP contribution in [0.5, 0.6) is 0 Å². The second-order valence-electron chi connectivity index (χ2n) is 7.09. The fourth-order valence-electron chi connectivity index (χ4n) is 3.03. The molecule has 1 N–H and O–H groups in total. The maximum absolute atomic E-state index is 12.6. The molecular formula is C18H25NO4. The molecule has 0 bridgehead atoms. The molecule has 1 aromatic carbocycles. The summed E-state index contributed by atoms with van der Waals surface area (Å²) in [7, 11) is 0. The van der Waals surface area contributed by atoms with Gasteiger partial charge in [-0.15, -0.1) is 0 Å². The lowest BCUT2D eigenvalue weighted by atomic mass is 9.81. The minimum absolute atomic E-state index is 0.294. The number of carboxylic acid groups (broad SMARTS) is 1. The minimum atomic E-state index is -1.23. The number of likely N-dealkylation sites (tertiary alicyclic amines) is 1. The molecule has 1 atom stereocenters. The van der Waals surface area contributed by atoms with E-state index in [9.17, 15) is 14.7 Å². The molecule has 1 saturated heterocycles. The van der Waals surface area contributed by atoms with Crippen LogP contribution in [0.15, 0.2) is 30.3 Å². The topological polar surface area (TPSA) is 66.8 Å². The number of benzene rings is 1. The van der Waals surface area contributed by atoms with Crippen LogP contribution < -0.4 is 0 Å². The van der Waals surface area contributed by atoms with E-state index in [0.29, 0.717) is 19.4 Å². The molecule has 1 heterocycles. The Labute approximate surface area is 137 Å². The first kappa shape index (κ1) is 17.3. The summed E-state index contributed by atoms with van der Waals surface area (Å²) in [5.41, 5.74) is -0.974. The Kier molecular flexibility index (Phi) is 4.97. The lowest BCUT2D eigenvalue weighted by molar-refractivity contribution is -0.153. The van der Waals surface area contributed by atoms with Gasteiger partial charge in [0.15, 0.2) is 0 Å². The van der Waals surface area contributed by atoms with Crippen molar-refractivity contribution in [1.29, 1.82) is 0 Å². The molecule has 0 aliphatic carbocycles. The highest BCUT2D eigenvalue weighted by Gasteiger charge is 2.49. The molecule has 1 aliphatic heterocycles. The third kappa shape index (κ3) is 4.03. The number of nitrogens with zero attached hydrogens (tertiary/aromatic N) is 1. The van der Waals surface area contributed by atoms with Gasteiger partial charge in [-0.2, -0.15) is 0 Å². The van der Waals surface area contributed by atoms with Crippen LogP contribution in [0.25, 0.3) is 0 Å². The molecule has 1 unspecified atom stereocenters. The lowest BCUT2D eigenvalue weighted by Gasteiger charge is -2.44. The van der Waals surface area contributed by atoms with Gasteiger partial charge in [0.25, 0.3) is 0 Å². The molecule has 1 aromatic rings. The highest BCUT2D eigenvalue weighted by Crippen LogP contribution is 2.33. The van der Waals surface area contributed by atoms with E-state index in [1.807, 2.05) is 30.3 Å².